The molecule has 5 nitrogen and oxygen atoms in total. The van der Waals surface area contributed by atoms with Crippen LogP contribution in [0.1, 0.15) is 36.1 Å². The Morgan fingerprint density at radius 3 is 2.52 bits per heavy atom. The number of aromatic nitrogens is 1. The van der Waals surface area contributed by atoms with E-state index in [1.54, 1.807) is 11.8 Å². The molecular weight excluding hydrogens is 380 g/mol. The summed E-state index contributed by atoms with van der Waals surface area (Å²) in [6, 6.07) is 13.1. The predicted octanol–water partition coefficient (Wildman–Crippen LogP) is 3.85. The fourth-order valence-electron chi connectivity index (χ4n) is 4.21. The molecule has 0 saturated carbocycles. The van der Waals surface area contributed by atoms with E-state index >= 15 is 0 Å². The number of fused-ring (bicyclic) bond motifs is 1. The van der Waals surface area contributed by atoms with Gasteiger partial charge in [0.1, 0.15) is 16.9 Å². The second-order valence-electron chi connectivity index (χ2n) is 8.36. The third-order valence-corrected chi connectivity index (χ3v) is 6.48. The van der Waals surface area contributed by atoms with Crippen molar-refractivity contribution in [2.75, 3.05) is 37.3 Å². The molecule has 0 N–H and O–H groups in total. The fourth-order valence-corrected chi connectivity index (χ4v) is 4.76. The first-order chi connectivity index (χ1) is 14.0. The average molecular weight is 409 g/mol. The highest BCUT2D eigenvalue weighted by Gasteiger charge is 2.33. The zero-order valence-corrected chi connectivity index (χ0v) is 18.3. The van der Waals surface area contributed by atoms with Gasteiger partial charge in [0.2, 0.25) is 0 Å². The number of nitriles is 1. The second-order valence-corrected chi connectivity index (χ2v) is 9.16. The number of rotatable bonds is 4. The molecule has 6 heteroatoms. The number of pyridine rings is 1. The van der Waals surface area contributed by atoms with Crippen molar-refractivity contribution in [1.29, 1.82) is 5.26 Å². The summed E-state index contributed by atoms with van der Waals surface area (Å²) in [6.45, 7) is 9.60. The number of ether oxygens (including phenoxy) is 1. The van der Waals surface area contributed by atoms with E-state index in [1.165, 1.54) is 5.56 Å². The van der Waals surface area contributed by atoms with Crippen LogP contribution < -0.4 is 4.90 Å². The van der Waals surface area contributed by atoms with E-state index in [1.807, 2.05) is 6.26 Å². The molecular formula is C23H28N4OS. The lowest BCUT2D eigenvalue weighted by Gasteiger charge is -2.39. The van der Waals surface area contributed by atoms with Gasteiger partial charge in [0.05, 0.1) is 17.8 Å². The number of nitrogens with zero attached hydrogens (tertiary/aromatic N) is 4. The molecule has 0 unspecified atom stereocenters. The summed E-state index contributed by atoms with van der Waals surface area (Å²) in [5, 5.41) is 10.6. The van der Waals surface area contributed by atoms with Crippen molar-refractivity contribution in [3.05, 3.63) is 52.6 Å². The van der Waals surface area contributed by atoms with Crippen molar-refractivity contribution < 1.29 is 4.74 Å². The van der Waals surface area contributed by atoms with Crippen molar-refractivity contribution in [3.63, 3.8) is 0 Å². The molecule has 3 heterocycles. The normalized spacial score (nSPS) is 18.9. The van der Waals surface area contributed by atoms with Crippen LogP contribution in [0.3, 0.4) is 0 Å². The molecule has 29 heavy (non-hydrogen) atoms. The Hall–Kier alpha value is -2.07. The van der Waals surface area contributed by atoms with Gasteiger partial charge in [0.25, 0.3) is 0 Å². The van der Waals surface area contributed by atoms with Crippen molar-refractivity contribution in [2.45, 2.75) is 44.0 Å². The first kappa shape index (κ1) is 20.2. The van der Waals surface area contributed by atoms with Crippen molar-refractivity contribution in [3.8, 4) is 6.07 Å². The van der Waals surface area contributed by atoms with Gasteiger partial charge in [0, 0.05) is 44.7 Å². The van der Waals surface area contributed by atoms with Crippen LogP contribution in [0.25, 0.3) is 0 Å². The Bertz CT molecular complexity index is 915. The molecule has 1 fully saturated rings. The molecule has 1 aromatic heterocycles. The predicted molar refractivity (Wildman–Crippen MR) is 117 cm³/mol. The minimum absolute atomic E-state index is 0.249. The first-order valence-corrected chi connectivity index (χ1v) is 11.4. The lowest BCUT2D eigenvalue weighted by Crippen LogP contribution is -2.47. The Kier molecular flexibility index (Phi) is 5.82. The quantitative estimate of drug-likeness (QED) is 0.717. The summed E-state index contributed by atoms with van der Waals surface area (Å²) >= 11 is 1.56. The number of piperazine rings is 1. The van der Waals surface area contributed by atoms with Crippen LogP contribution in [0.15, 0.2) is 35.4 Å². The van der Waals surface area contributed by atoms with E-state index < -0.39 is 0 Å². The minimum atomic E-state index is -0.249. The summed E-state index contributed by atoms with van der Waals surface area (Å²) in [7, 11) is 0. The molecule has 0 radical (unpaired) electrons. The third kappa shape index (κ3) is 4.28. The number of thioether (sulfide) groups is 1. The van der Waals surface area contributed by atoms with Crippen LogP contribution >= 0.6 is 11.8 Å². The van der Waals surface area contributed by atoms with E-state index in [0.29, 0.717) is 6.61 Å². The molecule has 2 aromatic rings. The Balaban J connectivity index is 1.57. The maximum Gasteiger partial charge on any atom is 0.135 e. The van der Waals surface area contributed by atoms with Gasteiger partial charge in [-0.2, -0.15) is 5.26 Å². The summed E-state index contributed by atoms with van der Waals surface area (Å²) in [4.78, 5) is 9.80. The van der Waals surface area contributed by atoms with E-state index in [4.69, 9.17) is 9.72 Å². The smallest absolute Gasteiger partial charge is 0.135 e. The van der Waals surface area contributed by atoms with Crippen LogP contribution in [0.2, 0.25) is 0 Å². The summed E-state index contributed by atoms with van der Waals surface area (Å²) in [6.07, 6.45) is 2.75. The number of anilines is 1. The van der Waals surface area contributed by atoms with Crippen molar-refractivity contribution in [1.82, 2.24) is 9.88 Å². The molecule has 0 spiro atoms. The summed E-state index contributed by atoms with van der Waals surface area (Å²) in [5.74, 6) is 1.01. The highest BCUT2D eigenvalue weighted by atomic mass is 32.2. The van der Waals surface area contributed by atoms with Crippen LogP contribution in [0, 0.1) is 11.3 Å². The van der Waals surface area contributed by atoms with Crippen molar-refractivity contribution >= 4 is 17.6 Å². The lowest BCUT2D eigenvalue weighted by molar-refractivity contribution is -0.0402. The molecule has 2 aliphatic heterocycles. The van der Waals surface area contributed by atoms with Crippen LogP contribution in [0.5, 0.6) is 0 Å². The average Bonchev–Trinajstić information content (AvgIpc) is 2.73. The van der Waals surface area contributed by atoms with E-state index in [9.17, 15) is 5.26 Å². The number of benzene rings is 1. The zero-order chi connectivity index (χ0) is 20.4. The van der Waals surface area contributed by atoms with Gasteiger partial charge >= 0.3 is 0 Å². The second kappa shape index (κ2) is 8.35. The zero-order valence-electron chi connectivity index (χ0n) is 17.4. The molecule has 4 rings (SSSR count). The molecule has 0 bridgehead atoms. The monoisotopic (exact) mass is 408 g/mol. The van der Waals surface area contributed by atoms with Crippen molar-refractivity contribution in [2.24, 2.45) is 0 Å². The van der Waals surface area contributed by atoms with E-state index in [0.717, 1.165) is 66.7 Å². The minimum Gasteiger partial charge on any atom is -0.370 e. The van der Waals surface area contributed by atoms with E-state index in [-0.39, 0.29) is 5.60 Å². The van der Waals surface area contributed by atoms with Gasteiger partial charge in [-0.15, -0.1) is 11.8 Å². The van der Waals surface area contributed by atoms with Gasteiger partial charge in [0.15, 0.2) is 0 Å². The maximum absolute atomic E-state index is 9.79. The van der Waals surface area contributed by atoms with Gasteiger partial charge in [-0.25, -0.2) is 4.98 Å². The maximum atomic E-state index is 9.79. The van der Waals surface area contributed by atoms with Gasteiger partial charge in [-0.3, -0.25) is 4.90 Å². The van der Waals surface area contributed by atoms with Gasteiger partial charge in [-0.1, -0.05) is 30.3 Å². The Morgan fingerprint density at radius 2 is 1.86 bits per heavy atom. The Morgan fingerprint density at radius 1 is 1.14 bits per heavy atom. The van der Waals surface area contributed by atoms with Gasteiger partial charge < -0.3 is 9.64 Å². The third-order valence-electron chi connectivity index (χ3n) is 5.79. The van der Waals surface area contributed by atoms with Gasteiger partial charge in [-0.05, 0) is 31.2 Å². The largest absolute Gasteiger partial charge is 0.370 e. The summed E-state index contributed by atoms with van der Waals surface area (Å²) < 4.78 is 6.10. The Labute approximate surface area is 177 Å². The lowest BCUT2D eigenvalue weighted by atomic mass is 9.89. The molecule has 2 aliphatic rings. The summed E-state index contributed by atoms with van der Waals surface area (Å²) in [5.41, 5.74) is 4.08. The highest BCUT2D eigenvalue weighted by molar-refractivity contribution is 7.98. The molecule has 1 saturated heterocycles. The SMILES string of the molecule is CSc1nc(N2CCN(Cc3ccccc3)CC2)c2c(c1C#N)CC(C)(C)OC2. The molecule has 1 aromatic carbocycles. The number of hydrogen-bond acceptors (Lipinski definition) is 6. The number of hydrogen-bond donors (Lipinski definition) is 0. The molecule has 0 aliphatic carbocycles. The fraction of sp³-hybridized carbons (Fsp3) is 0.478. The van der Waals surface area contributed by atoms with Crippen LogP contribution in [-0.2, 0) is 24.3 Å². The first-order valence-electron chi connectivity index (χ1n) is 10.2. The topological polar surface area (TPSA) is 52.4 Å². The molecule has 0 amide bonds. The molecule has 0 atom stereocenters. The highest BCUT2D eigenvalue weighted by Crippen LogP contribution is 2.38. The molecule has 152 valence electrons. The van der Waals surface area contributed by atoms with Crippen LogP contribution in [-0.4, -0.2) is 47.9 Å². The van der Waals surface area contributed by atoms with E-state index in [2.05, 4.69) is 60.0 Å². The standard InChI is InChI=1S/C23H28N4OS/c1-23(2)13-18-19(14-24)22(29-3)25-21(20(18)16-28-23)27-11-9-26(10-12-27)15-17-7-5-4-6-8-17/h4-8H,9-13,15-16H2,1-3H3. The van der Waals surface area contributed by atoms with Crippen LogP contribution in [0.4, 0.5) is 5.82 Å².